The number of likely N-dealkylation sites (N-methyl/N-ethyl adjacent to an activating group) is 1. The molecule has 136 valence electrons. The van der Waals surface area contributed by atoms with Crippen LogP contribution in [-0.4, -0.2) is 23.1 Å². The first-order chi connectivity index (χ1) is 12.4. The van der Waals surface area contributed by atoms with E-state index in [2.05, 4.69) is 55.5 Å². The number of fused-ring (bicyclic) bond motifs is 3. The van der Waals surface area contributed by atoms with Crippen LogP contribution in [0.25, 0.3) is 10.9 Å². The van der Waals surface area contributed by atoms with Gasteiger partial charge in [-0.1, -0.05) is 23.8 Å². The zero-order valence-corrected chi connectivity index (χ0v) is 16.1. The van der Waals surface area contributed by atoms with Crippen molar-refractivity contribution in [1.29, 1.82) is 0 Å². The van der Waals surface area contributed by atoms with Gasteiger partial charge in [0.2, 0.25) is 0 Å². The fourth-order valence-electron chi connectivity index (χ4n) is 4.36. The third kappa shape index (κ3) is 2.75. The quantitative estimate of drug-likeness (QED) is 0.641. The Kier molecular flexibility index (Phi) is 4.15. The molecule has 0 spiro atoms. The molecule has 1 aliphatic heterocycles. The van der Waals surface area contributed by atoms with Crippen LogP contribution in [-0.2, 0) is 24.9 Å². The fourth-order valence-corrected chi connectivity index (χ4v) is 4.36. The van der Waals surface area contributed by atoms with E-state index in [1.165, 1.54) is 33.3 Å². The Labute approximate surface area is 155 Å². The van der Waals surface area contributed by atoms with Crippen LogP contribution < -0.4 is 0 Å². The van der Waals surface area contributed by atoms with Gasteiger partial charge in [0.25, 0.3) is 0 Å². The molecule has 1 aromatic heterocycles. The average Bonchev–Trinajstić information content (AvgIpc) is 2.92. The first-order valence-electron chi connectivity index (χ1n) is 9.46. The monoisotopic (exact) mass is 350 g/mol. The minimum absolute atomic E-state index is 0.0285. The molecule has 4 rings (SSSR count). The second kappa shape index (κ2) is 6.24. The number of hydrogen-bond acceptors (Lipinski definition) is 1. The Balaban J connectivity index is 1.81. The molecule has 0 atom stereocenters. The van der Waals surface area contributed by atoms with E-state index in [1.807, 2.05) is 12.1 Å². The van der Waals surface area contributed by atoms with Crippen LogP contribution in [0.3, 0.4) is 0 Å². The Morgan fingerprint density at radius 2 is 1.81 bits per heavy atom. The van der Waals surface area contributed by atoms with Crippen LogP contribution in [0, 0.1) is 12.7 Å². The molecule has 1 aliphatic rings. The van der Waals surface area contributed by atoms with Gasteiger partial charge in [0.05, 0.1) is 0 Å². The average molecular weight is 350 g/mol. The van der Waals surface area contributed by atoms with Gasteiger partial charge in [-0.25, -0.2) is 4.39 Å². The first-order valence-corrected chi connectivity index (χ1v) is 9.46. The maximum Gasteiger partial charge on any atom is 0.123 e. The smallest absolute Gasteiger partial charge is 0.123 e. The highest BCUT2D eigenvalue weighted by molar-refractivity contribution is 5.87. The summed E-state index contributed by atoms with van der Waals surface area (Å²) in [5.74, 6) is -0.169. The lowest BCUT2D eigenvalue weighted by molar-refractivity contribution is 0.143. The molecule has 0 fully saturated rings. The zero-order chi connectivity index (χ0) is 18.5. The lowest BCUT2D eigenvalue weighted by Gasteiger charge is -2.40. The minimum Gasteiger partial charge on any atom is -0.344 e. The van der Waals surface area contributed by atoms with Crippen molar-refractivity contribution in [2.75, 3.05) is 13.6 Å². The van der Waals surface area contributed by atoms with Crippen molar-refractivity contribution in [2.24, 2.45) is 0 Å². The summed E-state index contributed by atoms with van der Waals surface area (Å²) in [7, 11) is 2.22. The van der Waals surface area contributed by atoms with Crippen molar-refractivity contribution < 1.29 is 4.39 Å². The summed E-state index contributed by atoms with van der Waals surface area (Å²) in [4.78, 5) is 2.46. The molecule has 26 heavy (non-hydrogen) atoms. The van der Waals surface area contributed by atoms with Crippen LogP contribution in [0.5, 0.6) is 0 Å². The van der Waals surface area contributed by atoms with Gasteiger partial charge in [0.1, 0.15) is 5.82 Å². The molecule has 3 heteroatoms. The Bertz CT molecular complexity index is 950. The van der Waals surface area contributed by atoms with Crippen molar-refractivity contribution in [3.05, 3.63) is 70.7 Å². The molecule has 0 saturated carbocycles. The number of nitrogens with zero attached hydrogens (tertiary/aromatic N) is 2. The van der Waals surface area contributed by atoms with Crippen molar-refractivity contribution in [2.45, 2.75) is 45.7 Å². The molecule has 0 bridgehead atoms. The molecule has 2 nitrogen and oxygen atoms in total. The number of hydrogen-bond donors (Lipinski definition) is 0. The van der Waals surface area contributed by atoms with E-state index in [1.54, 1.807) is 12.1 Å². The molecule has 0 aliphatic carbocycles. The van der Waals surface area contributed by atoms with Gasteiger partial charge >= 0.3 is 0 Å². The third-order valence-electron chi connectivity index (χ3n) is 6.11. The predicted octanol–water partition coefficient (Wildman–Crippen LogP) is 5.05. The van der Waals surface area contributed by atoms with Gasteiger partial charge in [0, 0.05) is 47.2 Å². The third-order valence-corrected chi connectivity index (χ3v) is 6.11. The maximum atomic E-state index is 13.2. The van der Waals surface area contributed by atoms with Crippen molar-refractivity contribution in [3.63, 3.8) is 0 Å². The highest BCUT2D eigenvalue weighted by atomic mass is 19.1. The lowest BCUT2D eigenvalue weighted by atomic mass is 9.85. The molecule has 2 aromatic carbocycles. The van der Waals surface area contributed by atoms with E-state index < -0.39 is 0 Å². The number of aryl methyl sites for hydroxylation is 3. The summed E-state index contributed by atoms with van der Waals surface area (Å²) in [5, 5.41) is 1.38. The van der Waals surface area contributed by atoms with E-state index in [0.29, 0.717) is 0 Å². The summed E-state index contributed by atoms with van der Waals surface area (Å²) in [6.07, 6.45) is 1.99. The van der Waals surface area contributed by atoms with Gasteiger partial charge in [-0.05, 0) is 64.1 Å². The van der Waals surface area contributed by atoms with E-state index in [9.17, 15) is 4.39 Å². The second-order valence-electron chi connectivity index (χ2n) is 8.10. The molecule has 0 unspecified atom stereocenters. The highest BCUT2D eigenvalue weighted by Crippen LogP contribution is 2.41. The van der Waals surface area contributed by atoms with Gasteiger partial charge in [-0.3, -0.25) is 4.90 Å². The van der Waals surface area contributed by atoms with E-state index >= 15 is 0 Å². The van der Waals surface area contributed by atoms with Crippen LogP contribution in [0.1, 0.15) is 36.2 Å². The van der Waals surface area contributed by atoms with Crippen molar-refractivity contribution in [1.82, 2.24) is 9.47 Å². The summed E-state index contributed by atoms with van der Waals surface area (Å²) >= 11 is 0. The standard InChI is InChI=1S/C23H27FN2/c1-16-5-10-20-19(15-16)22-21(12-13-25(4)23(22,2)3)26(20)14-11-17-6-8-18(24)9-7-17/h5-10,15H,11-14H2,1-4H3. The summed E-state index contributed by atoms with van der Waals surface area (Å²) in [6.45, 7) is 8.83. The fraction of sp³-hybridized carbons (Fsp3) is 0.391. The summed E-state index contributed by atoms with van der Waals surface area (Å²) in [6, 6.07) is 13.7. The largest absolute Gasteiger partial charge is 0.344 e. The number of benzene rings is 2. The predicted molar refractivity (Wildman–Crippen MR) is 106 cm³/mol. The minimum atomic E-state index is -0.169. The second-order valence-corrected chi connectivity index (χ2v) is 8.10. The van der Waals surface area contributed by atoms with Crippen LogP contribution in [0.4, 0.5) is 4.39 Å². The zero-order valence-electron chi connectivity index (χ0n) is 16.1. The van der Waals surface area contributed by atoms with Crippen LogP contribution in [0.2, 0.25) is 0 Å². The molecular formula is C23H27FN2. The van der Waals surface area contributed by atoms with Crippen LogP contribution in [0.15, 0.2) is 42.5 Å². The molecule has 3 aromatic rings. The van der Waals surface area contributed by atoms with E-state index in [-0.39, 0.29) is 11.4 Å². The molecule has 2 heterocycles. The maximum absolute atomic E-state index is 13.2. The van der Waals surface area contributed by atoms with Crippen LogP contribution >= 0.6 is 0 Å². The summed E-state index contributed by atoms with van der Waals surface area (Å²) in [5.41, 5.74) is 6.79. The Hall–Kier alpha value is -2.13. The summed E-state index contributed by atoms with van der Waals surface area (Å²) < 4.78 is 15.7. The molecular weight excluding hydrogens is 323 g/mol. The van der Waals surface area contributed by atoms with Gasteiger partial charge < -0.3 is 4.57 Å². The van der Waals surface area contributed by atoms with Gasteiger partial charge in [-0.2, -0.15) is 0 Å². The number of aromatic nitrogens is 1. The van der Waals surface area contributed by atoms with Gasteiger partial charge in [-0.15, -0.1) is 0 Å². The SMILES string of the molecule is Cc1ccc2c(c1)c1c(n2CCc2ccc(F)cc2)CCN(C)C1(C)C. The van der Waals surface area contributed by atoms with E-state index in [0.717, 1.165) is 25.9 Å². The first kappa shape index (κ1) is 17.3. The number of rotatable bonds is 3. The molecule has 0 amide bonds. The topological polar surface area (TPSA) is 8.17 Å². The molecule has 0 saturated heterocycles. The van der Waals surface area contributed by atoms with Crippen molar-refractivity contribution in [3.8, 4) is 0 Å². The number of halogens is 1. The molecule has 0 N–H and O–H groups in total. The Morgan fingerprint density at radius 1 is 1.08 bits per heavy atom. The van der Waals surface area contributed by atoms with Crippen molar-refractivity contribution >= 4 is 10.9 Å². The van der Waals surface area contributed by atoms with E-state index in [4.69, 9.17) is 0 Å². The normalized spacial score (nSPS) is 16.8. The van der Waals surface area contributed by atoms with Gasteiger partial charge in [0.15, 0.2) is 0 Å². The lowest BCUT2D eigenvalue weighted by Crippen LogP contribution is -2.44. The Morgan fingerprint density at radius 3 is 2.54 bits per heavy atom. The molecule has 0 radical (unpaired) electrons. The highest BCUT2D eigenvalue weighted by Gasteiger charge is 2.36.